The van der Waals surface area contributed by atoms with E-state index in [2.05, 4.69) is 4.74 Å². The third-order valence-corrected chi connectivity index (χ3v) is 4.84. The summed E-state index contributed by atoms with van der Waals surface area (Å²) in [5, 5.41) is 0. The Hall–Kier alpha value is -2.78. The van der Waals surface area contributed by atoms with Gasteiger partial charge in [0.05, 0.1) is 32.4 Å². The molecule has 9 heteroatoms. The van der Waals surface area contributed by atoms with Gasteiger partial charge < -0.3 is 23.7 Å². The van der Waals surface area contributed by atoms with Gasteiger partial charge >= 0.3 is 6.36 Å². The van der Waals surface area contributed by atoms with Crippen molar-refractivity contribution >= 4 is 6.29 Å². The lowest BCUT2D eigenvalue weighted by Gasteiger charge is -2.28. The van der Waals surface area contributed by atoms with Crippen LogP contribution in [0.2, 0.25) is 0 Å². The highest BCUT2D eigenvalue weighted by atomic mass is 19.4. The van der Waals surface area contributed by atoms with Crippen molar-refractivity contribution in [1.82, 2.24) is 4.90 Å². The molecule has 0 aliphatic carbocycles. The molecule has 30 heavy (non-hydrogen) atoms. The molecule has 0 radical (unpaired) electrons. The van der Waals surface area contributed by atoms with Crippen LogP contribution in [0.4, 0.5) is 13.2 Å². The molecule has 0 spiro atoms. The van der Waals surface area contributed by atoms with Crippen molar-refractivity contribution in [3.63, 3.8) is 0 Å². The number of hydrogen-bond donors (Lipinski definition) is 0. The maximum atomic E-state index is 12.3. The Labute approximate surface area is 172 Å². The summed E-state index contributed by atoms with van der Waals surface area (Å²) < 4.78 is 57.6. The fourth-order valence-corrected chi connectivity index (χ4v) is 3.44. The van der Waals surface area contributed by atoms with E-state index in [-0.39, 0.29) is 12.4 Å². The summed E-state index contributed by atoms with van der Waals surface area (Å²) in [4.78, 5) is 13.5. The van der Waals surface area contributed by atoms with E-state index in [9.17, 15) is 18.0 Å². The molecule has 1 saturated heterocycles. The number of rotatable bonds is 8. The molecule has 1 heterocycles. The molecule has 6 nitrogen and oxygen atoms in total. The molecular weight excluding hydrogens is 403 g/mol. The first-order valence-electron chi connectivity index (χ1n) is 9.24. The number of halogens is 3. The molecule has 1 aliphatic heterocycles. The Kier molecular flexibility index (Phi) is 6.84. The van der Waals surface area contributed by atoms with E-state index in [0.29, 0.717) is 30.0 Å². The van der Waals surface area contributed by atoms with E-state index < -0.39 is 18.6 Å². The smallest absolute Gasteiger partial charge is 0.496 e. The second-order valence-electron chi connectivity index (χ2n) is 6.64. The number of carbonyl (C=O) groups excluding carboxylic acids is 1. The van der Waals surface area contributed by atoms with Gasteiger partial charge in [0.15, 0.2) is 0 Å². The van der Waals surface area contributed by atoms with Gasteiger partial charge in [-0.1, -0.05) is 18.2 Å². The average molecular weight is 425 g/mol. The summed E-state index contributed by atoms with van der Waals surface area (Å²) in [6, 6.07) is 10.6. The van der Waals surface area contributed by atoms with Gasteiger partial charge in [0.25, 0.3) is 0 Å². The van der Waals surface area contributed by atoms with E-state index in [1.165, 1.54) is 12.1 Å². The van der Waals surface area contributed by atoms with Crippen LogP contribution in [0.15, 0.2) is 42.5 Å². The first-order chi connectivity index (χ1) is 14.4. The molecule has 2 aromatic carbocycles. The third kappa shape index (κ3) is 5.03. The highest BCUT2D eigenvalue weighted by molar-refractivity contribution is 5.59. The predicted octanol–water partition coefficient (Wildman–Crippen LogP) is 3.74. The standard InChI is InChI=1S/C21H22F3NO5/c1-27-17-4-3-5-18(28-2)19(17)20-25(15(12-26)13-29-20)11-10-14-6-8-16(9-7-14)30-21(22,23)24/h3-9,12,15,20H,10-11,13H2,1-2H3. The third-order valence-electron chi connectivity index (χ3n) is 4.84. The van der Waals surface area contributed by atoms with E-state index in [4.69, 9.17) is 14.2 Å². The zero-order valence-corrected chi connectivity index (χ0v) is 16.5. The number of nitrogens with zero attached hydrogens (tertiary/aromatic N) is 1. The Morgan fingerprint density at radius 3 is 2.27 bits per heavy atom. The van der Waals surface area contributed by atoms with Gasteiger partial charge in [-0.25, -0.2) is 0 Å². The molecule has 162 valence electrons. The second kappa shape index (κ2) is 9.36. The van der Waals surface area contributed by atoms with Crippen molar-refractivity contribution in [3.8, 4) is 17.2 Å². The quantitative estimate of drug-likeness (QED) is 0.601. The number of ether oxygens (including phenoxy) is 4. The summed E-state index contributed by atoms with van der Waals surface area (Å²) in [6.07, 6.45) is -3.97. The van der Waals surface area contributed by atoms with Crippen LogP contribution in [0.1, 0.15) is 17.4 Å². The van der Waals surface area contributed by atoms with Gasteiger partial charge in [-0.05, 0) is 36.2 Å². The molecule has 0 N–H and O–H groups in total. The van der Waals surface area contributed by atoms with Crippen molar-refractivity contribution in [2.75, 3.05) is 27.4 Å². The molecule has 0 amide bonds. The Morgan fingerprint density at radius 1 is 1.10 bits per heavy atom. The summed E-state index contributed by atoms with van der Waals surface area (Å²) in [5.74, 6) is 0.868. The first-order valence-corrected chi connectivity index (χ1v) is 9.24. The molecule has 2 aromatic rings. The topological polar surface area (TPSA) is 57.2 Å². The minimum atomic E-state index is -4.73. The molecule has 2 unspecified atom stereocenters. The monoisotopic (exact) mass is 425 g/mol. The van der Waals surface area contributed by atoms with Crippen LogP contribution in [0.5, 0.6) is 17.2 Å². The van der Waals surface area contributed by atoms with E-state index in [0.717, 1.165) is 11.8 Å². The number of benzene rings is 2. The average Bonchev–Trinajstić information content (AvgIpc) is 3.13. The summed E-state index contributed by atoms with van der Waals surface area (Å²) >= 11 is 0. The van der Waals surface area contributed by atoms with Crippen LogP contribution in [0, 0.1) is 0 Å². The van der Waals surface area contributed by atoms with Crippen molar-refractivity contribution in [2.24, 2.45) is 0 Å². The number of carbonyl (C=O) groups is 1. The number of hydrogen-bond acceptors (Lipinski definition) is 6. The molecule has 3 rings (SSSR count). The fraction of sp³-hybridized carbons (Fsp3) is 0.381. The van der Waals surface area contributed by atoms with Crippen LogP contribution in [0.3, 0.4) is 0 Å². The Morgan fingerprint density at radius 2 is 1.73 bits per heavy atom. The highest BCUT2D eigenvalue weighted by Crippen LogP contribution is 2.41. The van der Waals surface area contributed by atoms with Crippen LogP contribution in [0.25, 0.3) is 0 Å². The maximum absolute atomic E-state index is 12.3. The Balaban J connectivity index is 1.77. The van der Waals surface area contributed by atoms with Gasteiger partial charge in [-0.2, -0.15) is 0 Å². The normalized spacial score (nSPS) is 19.5. The van der Waals surface area contributed by atoms with Gasteiger partial charge in [-0.3, -0.25) is 4.90 Å². The number of alkyl halides is 3. The van der Waals surface area contributed by atoms with Crippen molar-refractivity contribution in [1.29, 1.82) is 0 Å². The van der Waals surface area contributed by atoms with Crippen molar-refractivity contribution in [2.45, 2.75) is 25.1 Å². The van der Waals surface area contributed by atoms with E-state index in [1.807, 2.05) is 4.90 Å². The van der Waals surface area contributed by atoms with Crippen molar-refractivity contribution < 1.29 is 36.9 Å². The summed E-state index contributed by atoms with van der Waals surface area (Å²) in [6.45, 7) is 0.655. The molecule has 0 bridgehead atoms. The van der Waals surface area contributed by atoms with E-state index in [1.54, 1.807) is 44.6 Å². The van der Waals surface area contributed by atoms with Gasteiger partial charge in [0.1, 0.15) is 29.8 Å². The minimum absolute atomic E-state index is 0.216. The van der Waals surface area contributed by atoms with Crippen LogP contribution < -0.4 is 14.2 Å². The predicted molar refractivity (Wildman–Crippen MR) is 102 cm³/mol. The molecule has 1 fully saturated rings. The molecule has 0 saturated carbocycles. The van der Waals surface area contributed by atoms with Gasteiger partial charge in [0, 0.05) is 6.54 Å². The zero-order valence-electron chi connectivity index (χ0n) is 16.5. The fourth-order valence-electron chi connectivity index (χ4n) is 3.44. The minimum Gasteiger partial charge on any atom is -0.496 e. The number of aldehydes is 1. The van der Waals surface area contributed by atoms with E-state index >= 15 is 0 Å². The maximum Gasteiger partial charge on any atom is 0.573 e. The lowest BCUT2D eigenvalue weighted by molar-refractivity contribution is -0.274. The van der Waals surface area contributed by atoms with Crippen molar-refractivity contribution in [3.05, 3.63) is 53.6 Å². The summed E-state index contributed by atoms with van der Waals surface area (Å²) in [5.41, 5.74) is 1.48. The molecular formula is C21H22F3NO5. The zero-order chi connectivity index (χ0) is 21.7. The molecule has 1 aliphatic rings. The molecule has 0 aromatic heterocycles. The second-order valence-corrected chi connectivity index (χ2v) is 6.64. The SMILES string of the molecule is COc1cccc(OC)c1C1OCC(C=O)N1CCc1ccc(OC(F)(F)F)cc1. The largest absolute Gasteiger partial charge is 0.573 e. The number of methoxy groups -OCH3 is 2. The summed E-state index contributed by atoms with van der Waals surface area (Å²) in [7, 11) is 3.08. The molecule has 2 atom stereocenters. The first kappa shape index (κ1) is 21.9. The van der Waals surface area contributed by atoms with Gasteiger partial charge in [-0.15, -0.1) is 13.2 Å². The van der Waals surface area contributed by atoms with Gasteiger partial charge in [0.2, 0.25) is 0 Å². The highest BCUT2D eigenvalue weighted by Gasteiger charge is 2.38. The van der Waals surface area contributed by atoms with Crippen LogP contribution in [-0.4, -0.2) is 51.0 Å². The lowest BCUT2D eigenvalue weighted by atomic mass is 10.1. The Bertz CT molecular complexity index is 834. The lowest BCUT2D eigenvalue weighted by Crippen LogP contribution is -2.35. The van der Waals surface area contributed by atoms with Crippen LogP contribution >= 0.6 is 0 Å². The van der Waals surface area contributed by atoms with Crippen LogP contribution in [-0.2, 0) is 16.0 Å².